The summed E-state index contributed by atoms with van der Waals surface area (Å²) in [5.74, 6) is 4.92. The standard InChI is InChI=1S/C7H16N4O2/c1-2-13-6(12)4-3-5-10-7(8)11-9/h2-5,9H2,1H3,(H3,8,10,11). The summed E-state index contributed by atoms with van der Waals surface area (Å²) in [6, 6.07) is 0. The van der Waals surface area contributed by atoms with Gasteiger partial charge < -0.3 is 10.5 Å². The normalized spacial score (nSPS) is 11.1. The Bertz CT molecular complexity index is 181. The average Bonchev–Trinajstić information content (AvgIpc) is 2.12. The van der Waals surface area contributed by atoms with Crippen LogP contribution in [0.2, 0.25) is 0 Å². The first-order valence-corrected chi connectivity index (χ1v) is 4.12. The Labute approximate surface area is 77.3 Å². The largest absolute Gasteiger partial charge is 0.466 e. The van der Waals surface area contributed by atoms with Gasteiger partial charge >= 0.3 is 5.97 Å². The molecule has 6 nitrogen and oxygen atoms in total. The molecule has 0 aromatic heterocycles. The van der Waals surface area contributed by atoms with Crippen molar-refractivity contribution in [3.8, 4) is 0 Å². The number of hydrogen-bond acceptors (Lipinski definition) is 4. The van der Waals surface area contributed by atoms with Crippen LogP contribution in [-0.2, 0) is 9.53 Å². The van der Waals surface area contributed by atoms with E-state index in [9.17, 15) is 4.79 Å². The molecule has 0 aliphatic heterocycles. The van der Waals surface area contributed by atoms with E-state index in [2.05, 4.69) is 10.4 Å². The van der Waals surface area contributed by atoms with E-state index in [1.54, 1.807) is 6.92 Å². The van der Waals surface area contributed by atoms with E-state index >= 15 is 0 Å². The predicted octanol–water partition coefficient (Wildman–Crippen LogP) is -0.892. The zero-order valence-electron chi connectivity index (χ0n) is 7.75. The minimum atomic E-state index is -0.211. The molecular formula is C7H16N4O2. The van der Waals surface area contributed by atoms with Crippen molar-refractivity contribution < 1.29 is 9.53 Å². The lowest BCUT2D eigenvalue weighted by atomic mass is 10.3. The van der Waals surface area contributed by atoms with Crippen LogP contribution in [0.3, 0.4) is 0 Å². The van der Waals surface area contributed by atoms with E-state index < -0.39 is 0 Å². The lowest BCUT2D eigenvalue weighted by Gasteiger charge is -2.00. The predicted molar refractivity (Wildman–Crippen MR) is 49.7 cm³/mol. The van der Waals surface area contributed by atoms with E-state index in [0.717, 1.165) is 0 Å². The van der Waals surface area contributed by atoms with Gasteiger partial charge in [-0.05, 0) is 13.3 Å². The number of carbonyl (C=O) groups excluding carboxylic acids is 1. The first-order valence-electron chi connectivity index (χ1n) is 4.12. The number of carbonyl (C=O) groups is 1. The molecule has 0 unspecified atom stereocenters. The first kappa shape index (κ1) is 11.7. The minimum absolute atomic E-state index is 0.170. The van der Waals surface area contributed by atoms with Gasteiger partial charge in [0.2, 0.25) is 5.96 Å². The molecule has 13 heavy (non-hydrogen) atoms. The fraction of sp³-hybridized carbons (Fsp3) is 0.714. The summed E-state index contributed by atoms with van der Waals surface area (Å²) in [4.78, 5) is 14.6. The molecule has 0 rings (SSSR count). The van der Waals surface area contributed by atoms with Crippen LogP contribution in [0.15, 0.2) is 4.99 Å². The highest BCUT2D eigenvalue weighted by molar-refractivity contribution is 5.77. The maximum absolute atomic E-state index is 10.8. The smallest absolute Gasteiger partial charge is 0.305 e. The zero-order valence-corrected chi connectivity index (χ0v) is 7.75. The number of guanidine groups is 1. The Morgan fingerprint density at radius 1 is 1.62 bits per heavy atom. The molecule has 6 heteroatoms. The highest BCUT2D eigenvalue weighted by atomic mass is 16.5. The maximum Gasteiger partial charge on any atom is 0.305 e. The van der Waals surface area contributed by atoms with Gasteiger partial charge in [-0.15, -0.1) is 0 Å². The highest BCUT2D eigenvalue weighted by Gasteiger charge is 1.99. The van der Waals surface area contributed by atoms with Crippen LogP contribution in [0.5, 0.6) is 0 Å². The van der Waals surface area contributed by atoms with Crippen LogP contribution in [0.4, 0.5) is 0 Å². The summed E-state index contributed by atoms with van der Waals surface area (Å²) in [5.41, 5.74) is 7.44. The van der Waals surface area contributed by atoms with Crippen molar-refractivity contribution in [1.82, 2.24) is 5.43 Å². The van der Waals surface area contributed by atoms with E-state index in [1.165, 1.54) is 0 Å². The molecular weight excluding hydrogens is 172 g/mol. The quantitative estimate of drug-likeness (QED) is 0.130. The minimum Gasteiger partial charge on any atom is -0.466 e. The summed E-state index contributed by atoms with van der Waals surface area (Å²) < 4.78 is 4.72. The molecule has 0 aliphatic rings. The second-order valence-corrected chi connectivity index (χ2v) is 2.32. The van der Waals surface area contributed by atoms with Gasteiger partial charge in [0, 0.05) is 13.0 Å². The maximum atomic E-state index is 10.8. The summed E-state index contributed by atoms with van der Waals surface area (Å²) >= 11 is 0. The topological polar surface area (TPSA) is 103 Å². The first-order chi connectivity index (χ1) is 6.20. The monoisotopic (exact) mass is 188 g/mol. The summed E-state index contributed by atoms with van der Waals surface area (Å²) in [6.07, 6.45) is 0.969. The fourth-order valence-electron chi connectivity index (χ4n) is 0.702. The third-order valence-electron chi connectivity index (χ3n) is 1.27. The van der Waals surface area contributed by atoms with Crippen LogP contribution in [0, 0.1) is 0 Å². The van der Waals surface area contributed by atoms with Crippen molar-refractivity contribution in [2.45, 2.75) is 19.8 Å². The molecule has 0 heterocycles. The van der Waals surface area contributed by atoms with E-state index in [4.69, 9.17) is 16.3 Å². The molecule has 0 aromatic rings. The number of hydrazine groups is 1. The van der Waals surface area contributed by atoms with Crippen molar-refractivity contribution in [2.75, 3.05) is 13.2 Å². The number of aliphatic imine (C=N–C) groups is 1. The summed E-state index contributed by atoms with van der Waals surface area (Å²) in [5, 5.41) is 0. The van der Waals surface area contributed by atoms with E-state index in [0.29, 0.717) is 26.0 Å². The van der Waals surface area contributed by atoms with Gasteiger partial charge in [0.05, 0.1) is 6.61 Å². The van der Waals surface area contributed by atoms with Crippen molar-refractivity contribution in [2.24, 2.45) is 16.6 Å². The number of hydrogen-bond donors (Lipinski definition) is 3. The molecule has 0 bridgehead atoms. The Balaban J connectivity index is 3.40. The molecule has 76 valence electrons. The molecule has 0 fully saturated rings. The molecule has 0 spiro atoms. The second-order valence-electron chi connectivity index (χ2n) is 2.32. The molecule has 0 radical (unpaired) electrons. The van der Waals surface area contributed by atoms with E-state index in [1.807, 2.05) is 0 Å². The molecule has 0 amide bonds. The van der Waals surface area contributed by atoms with E-state index in [-0.39, 0.29) is 11.9 Å². The highest BCUT2D eigenvalue weighted by Crippen LogP contribution is 1.92. The number of nitrogens with one attached hydrogen (secondary N) is 1. The number of rotatable bonds is 5. The Kier molecular flexibility index (Phi) is 6.62. The van der Waals surface area contributed by atoms with Crippen LogP contribution < -0.4 is 17.0 Å². The van der Waals surface area contributed by atoms with Crippen LogP contribution in [0.1, 0.15) is 19.8 Å². The van der Waals surface area contributed by atoms with Gasteiger partial charge in [-0.2, -0.15) is 0 Å². The number of nitrogens with zero attached hydrogens (tertiary/aromatic N) is 1. The average molecular weight is 188 g/mol. The van der Waals surface area contributed by atoms with Gasteiger partial charge in [0.15, 0.2) is 0 Å². The fourth-order valence-corrected chi connectivity index (χ4v) is 0.702. The van der Waals surface area contributed by atoms with Crippen molar-refractivity contribution in [1.29, 1.82) is 0 Å². The van der Waals surface area contributed by atoms with Gasteiger partial charge in [-0.3, -0.25) is 15.2 Å². The molecule has 0 saturated carbocycles. The SMILES string of the molecule is CCOC(=O)CCCN=C(N)NN. The van der Waals surface area contributed by atoms with Crippen molar-refractivity contribution in [3.63, 3.8) is 0 Å². The Morgan fingerprint density at radius 3 is 2.85 bits per heavy atom. The number of ether oxygens (including phenoxy) is 1. The number of nitrogens with two attached hydrogens (primary N) is 2. The van der Waals surface area contributed by atoms with Crippen LogP contribution in [0.25, 0.3) is 0 Å². The Morgan fingerprint density at radius 2 is 2.31 bits per heavy atom. The Hall–Kier alpha value is -1.30. The summed E-state index contributed by atoms with van der Waals surface area (Å²) in [7, 11) is 0. The lowest BCUT2D eigenvalue weighted by Crippen LogP contribution is -2.37. The lowest BCUT2D eigenvalue weighted by molar-refractivity contribution is -0.143. The van der Waals surface area contributed by atoms with Gasteiger partial charge in [0.25, 0.3) is 0 Å². The molecule has 0 aromatic carbocycles. The molecule has 0 aliphatic carbocycles. The number of esters is 1. The molecule has 0 saturated heterocycles. The third kappa shape index (κ3) is 7.07. The van der Waals surface area contributed by atoms with Crippen molar-refractivity contribution >= 4 is 11.9 Å². The van der Waals surface area contributed by atoms with Gasteiger partial charge in [0.1, 0.15) is 0 Å². The molecule has 5 N–H and O–H groups in total. The second kappa shape index (κ2) is 7.35. The van der Waals surface area contributed by atoms with Crippen molar-refractivity contribution in [3.05, 3.63) is 0 Å². The van der Waals surface area contributed by atoms with Gasteiger partial charge in [-0.1, -0.05) is 0 Å². The van der Waals surface area contributed by atoms with Gasteiger partial charge in [-0.25, -0.2) is 5.84 Å². The van der Waals surface area contributed by atoms with Crippen LogP contribution in [-0.4, -0.2) is 25.1 Å². The molecule has 0 atom stereocenters. The zero-order chi connectivity index (χ0) is 10.1. The third-order valence-corrected chi connectivity index (χ3v) is 1.27. The summed E-state index contributed by atoms with van der Waals surface area (Å²) in [6.45, 7) is 2.65. The van der Waals surface area contributed by atoms with Crippen LogP contribution >= 0.6 is 0 Å².